The number of ether oxygens (including phenoxy) is 1. The van der Waals surface area contributed by atoms with Crippen LogP contribution in [-0.4, -0.2) is 63.7 Å². The van der Waals surface area contributed by atoms with E-state index < -0.39 is 10.6 Å². The van der Waals surface area contributed by atoms with Gasteiger partial charge in [-0.25, -0.2) is 14.8 Å². The van der Waals surface area contributed by atoms with Crippen LogP contribution in [0, 0.1) is 0 Å². The standard InChI is InChI=1S/C20H29N5O4S/c1-4-21-20(26)23-16-7-5-15(6-8-16)19-22-17(13-30(3,27)28)11-18(24-19)25-9-10-29-12-14(25)2/h5-8,11,14,27-28H,4,9-10,12-13H2,1-3H3,(H2,21,23,26)/t14-/m0/s1. The molecular formula is C20H29N5O4S. The highest BCUT2D eigenvalue weighted by Gasteiger charge is 2.22. The lowest BCUT2D eigenvalue weighted by molar-refractivity contribution is 0.0985. The molecule has 0 bridgehead atoms. The van der Waals surface area contributed by atoms with Crippen LogP contribution in [0.2, 0.25) is 0 Å². The fourth-order valence-corrected chi connectivity index (χ4v) is 3.93. The number of morpholine rings is 1. The topological polar surface area (TPSA) is 120 Å². The number of carbonyl (C=O) groups excluding carboxylic acids is 1. The van der Waals surface area contributed by atoms with Gasteiger partial charge in [-0.1, -0.05) is 0 Å². The van der Waals surface area contributed by atoms with Crippen molar-refractivity contribution in [2.24, 2.45) is 0 Å². The lowest BCUT2D eigenvalue weighted by Gasteiger charge is -2.35. The fraction of sp³-hybridized carbons (Fsp3) is 0.450. The molecule has 1 saturated heterocycles. The Labute approximate surface area is 178 Å². The van der Waals surface area contributed by atoms with Crippen molar-refractivity contribution >= 4 is 28.1 Å². The molecule has 0 aliphatic carbocycles. The Morgan fingerprint density at radius 2 is 2.03 bits per heavy atom. The lowest BCUT2D eigenvalue weighted by Crippen LogP contribution is -2.44. The summed E-state index contributed by atoms with van der Waals surface area (Å²) in [5.41, 5.74) is 2.00. The maximum absolute atomic E-state index is 11.7. The third-order valence-electron chi connectivity index (χ3n) is 4.59. The second-order valence-electron chi connectivity index (χ2n) is 7.36. The maximum Gasteiger partial charge on any atom is 0.319 e. The number of amides is 2. The summed E-state index contributed by atoms with van der Waals surface area (Å²) in [6, 6.07) is 8.93. The van der Waals surface area contributed by atoms with E-state index in [9.17, 15) is 13.9 Å². The van der Waals surface area contributed by atoms with E-state index >= 15 is 0 Å². The minimum Gasteiger partial charge on any atom is -0.377 e. The average Bonchev–Trinajstić information content (AvgIpc) is 2.67. The van der Waals surface area contributed by atoms with Gasteiger partial charge in [0.25, 0.3) is 0 Å². The summed E-state index contributed by atoms with van der Waals surface area (Å²) in [6.07, 6.45) is 1.41. The van der Waals surface area contributed by atoms with Gasteiger partial charge in [-0.15, -0.1) is 0 Å². The van der Waals surface area contributed by atoms with Crippen molar-refractivity contribution in [1.82, 2.24) is 15.3 Å². The number of hydrogen-bond donors (Lipinski definition) is 4. The molecule has 10 heteroatoms. The predicted octanol–water partition coefficient (Wildman–Crippen LogP) is 3.39. The summed E-state index contributed by atoms with van der Waals surface area (Å²) in [4.78, 5) is 23.1. The van der Waals surface area contributed by atoms with Crippen molar-refractivity contribution in [2.75, 3.05) is 42.8 Å². The van der Waals surface area contributed by atoms with E-state index in [0.717, 1.165) is 11.4 Å². The van der Waals surface area contributed by atoms with Gasteiger partial charge in [0, 0.05) is 36.7 Å². The van der Waals surface area contributed by atoms with Crippen molar-refractivity contribution in [3.63, 3.8) is 0 Å². The van der Waals surface area contributed by atoms with E-state index in [1.54, 1.807) is 12.1 Å². The predicted molar refractivity (Wildman–Crippen MR) is 120 cm³/mol. The van der Waals surface area contributed by atoms with E-state index in [1.165, 1.54) is 6.26 Å². The average molecular weight is 436 g/mol. The first-order chi connectivity index (χ1) is 14.2. The van der Waals surface area contributed by atoms with Crippen LogP contribution in [0.5, 0.6) is 0 Å². The largest absolute Gasteiger partial charge is 0.377 e. The molecule has 30 heavy (non-hydrogen) atoms. The van der Waals surface area contributed by atoms with Gasteiger partial charge in [0.05, 0.1) is 30.7 Å². The number of rotatable bonds is 6. The second-order valence-corrected chi connectivity index (χ2v) is 9.63. The van der Waals surface area contributed by atoms with Gasteiger partial charge in [-0.05, 0) is 38.1 Å². The molecular weight excluding hydrogens is 406 g/mol. The number of hydrogen-bond acceptors (Lipinski definition) is 7. The quantitative estimate of drug-likeness (QED) is 0.549. The lowest BCUT2D eigenvalue weighted by atomic mass is 10.2. The van der Waals surface area contributed by atoms with Gasteiger partial charge < -0.3 is 20.3 Å². The molecule has 164 valence electrons. The summed E-state index contributed by atoms with van der Waals surface area (Å²) < 4.78 is 25.4. The monoisotopic (exact) mass is 435 g/mol. The molecule has 2 heterocycles. The van der Waals surface area contributed by atoms with Gasteiger partial charge >= 0.3 is 6.03 Å². The molecule has 1 aromatic heterocycles. The first kappa shape index (κ1) is 22.3. The second kappa shape index (κ2) is 9.61. The third-order valence-corrected chi connectivity index (χ3v) is 5.43. The highest BCUT2D eigenvalue weighted by atomic mass is 32.3. The summed E-state index contributed by atoms with van der Waals surface area (Å²) in [5.74, 6) is 1.29. The number of nitrogens with zero attached hydrogens (tertiary/aromatic N) is 3. The smallest absolute Gasteiger partial charge is 0.319 e. The van der Waals surface area contributed by atoms with Crippen LogP contribution in [0.15, 0.2) is 30.3 Å². The first-order valence-electron chi connectivity index (χ1n) is 9.83. The summed E-state index contributed by atoms with van der Waals surface area (Å²) >= 11 is 0. The zero-order chi connectivity index (χ0) is 21.7. The number of carbonyl (C=O) groups is 1. The highest BCUT2D eigenvalue weighted by molar-refractivity contribution is 8.23. The van der Waals surface area contributed by atoms with Crippen LogP contribution in [0.25, 0.3) is 11.4 Å². The molecule has 1 atom stereocenters. The molecule has 1 aliphatic heterocycles. The SMILES string of the molecule is CCNC(=O)Nc1ccc(-c2nc(CS(C)(O)O)cc(N3CCOC[C@@H]3C)n2)cc1. The Morgan fingerprint density at radius 1 is 1.30 bits per heavy atom. The molecule has 1 aliphatic rings. The summed E-state index contributed by atoms with van der Waals surface area (Å²) in [6.45, 7) is 6.39. The van der Waals surface area contributed by atoms with E-state index in [4.69, 9.17) is 9.72 Å². The zero-order valence-electron chi connectivity index (χ0n) is 17.5. The Morgan fingerprint density at radius 3 is 2.67 bits per heavy atom. The molecule has 0 saturated carbocycles. The Balaban J connectivity index is 1.91. The highest BCUT2D eigenvalue weighted by Crippen LogP contribution is 2.38. The van der Waals surface area contributed by atoms with E-state index in [2.05, 4.69) is 27.4 Å². The van der Waals surface area contributed by atoms with Gasteiger partial charge in [0.1, 0.15) is 5.82 Å². The van der Waals surface area contributed by atoms with Gasteiger partial charge in [-0.3, -0.25) is 9.11 Å². The number of nitrogens with one attached hydrogen (secondary N) is 2. The van der Waals surface area contributed by atoms with Crippen molar-refractivity contribution in [3.05, 3.63) is 36.0 Å². The van der Waals surface area contributed by atoms with Crippen molar-refractivity contribution in [3.8, 4) is 11.4 Å². The summed E-state index contributed by atoms with van der Waals surface area (Å²) in [5, 5.41) is 5.44. The molecule has 2 amide bonds. The van der Waals surface area contributed by atoms with Crippen molar-refractivity contribution in [1.29, 1.82) is 0 Å². The van der Waals surface area contributed by atoms with Crippen LogP contribution < -0.4 is 15.5 Å². The first-order valence-corrected chi connectivity index (χ1v) is 12.0. The Bertz CT molecular complexity index is 872. The van der Waals surface area contributed by atoms with Crippen LogP contribution in [0.3, 0.4) is 0 Å². The van der Waals surface area contributed by atoms with E-state index in [0.29, 0.717) is 43.5 Å². The fourth-order valence-electron chi connectivity index (χ4n) is 3.22. The minimum atomic E-state index is -2.75. The van der Waals surface area contributed by atoms with Crippen molar-refractivity contribution < 1.29 is 18.6 Å². The van der Waals surface area contributed by atoms with Crippen LogP contribution in [0.1, 0.15) is 19.5 Å². The van der Waals surface area contributed by atoms with Crippen LogP contribution in [-0.2, 0) is 10.5 Å². The number of urea groups is 1. The minimum absolute atomic E-state index is 0.0606. The Kier molecular flexibility index (Phi) is 7.14. The molecule has 1 aromatic carbocycles. The molecule has 9 nitrogen and oxygen atoms in total. The van der Waals surface area contributed by atoms with Crippen LogP contribution >= 0.6 is 10.6 Å². The number of benzene rings is 1. The zero-order valence-corrected chi connectivity index (χ0v) is 18.3. The molecule has 0 unspecified atom stereocenters. The van der Waals surface area contributed by atoms with Crippen LogP contribution in [0.4, 0.5) is 16.3 Å². The molecule has 0 spiro atoms. The van der Waals surface area contributed by atoms with E-state index in [-0.39, 0.29) is 17.8 Å². The summed E-state index contributed by atoms with van der Waals surface area (Å²) in [7, 11) is -2.75. The van der Waals surface area contributed by atoms with Crippen molar-refractivity contribution in [2.45, 2.75) is 25.6 Å². The van der Waals surface area contributed by atoms with Gasteiger partial charge in [-0.2, -0.15) is 10.6 Å². The maximum atomic E-state index is 11.7. The molecule has 4 N–H and O–H groups in total. The van der Waals surface area contributed by atoms with Gasteiger partial charge in [0.2, 0.25) is 0 Å². The number of aromatic nitrogens is 2. The van der Waals surface area contributed by atoms with Gasteiger partial charge in [0.15, 0.2) is 5.82 Å². The Hall–Kier alpha value is -2.40. The third kappa shape index (κ3) is 6.05. The molecule has 3 rings (SSSR count). The molecule has 1 fully saturated rings. The normalized spacial score (nSPS) is 17.5. The molecule has 0 radical (unpaired) electrons. The molecule has 2 aromatic rings. The van der Waals surface area contributed by atoms with E-state index in [1.807, 2.05) is 25.1 Å². The number of anilines is 2.